The van der Waals surface area contributed by atoms with E-state index in [1.54, 1.807) is 11.3 Å². The number of thiophene rings is 1. The second-order valence-electron chi connectivity index (χ2n) is 8.61. The number of carbonyl (C=O) groups excluding carboxylic acids is 2. The summed E-state index contributed by atoms with van der Waals surface area (Å²) < 4.78 is 5.41. The predicted octanol–water partition coefficient (Wildman–Crippen LogP) is 6.00. The number of aryl methyl sites for hydroxylation is 1. The lowest BCUT2D eigenvalue weighted by Crippen LogP contribution is -2.27. The van der Waals surface area contributed by atoms with Crippen LogP contribution in [0.25, 0.3) is 0 Å². The molecule has 1 amide bonds. The molecule has 4 nitrogen and oxygen atoms in total. The summed E-state index contributed by atoms with van der Waals surface area (Å²) in [6.45, 7) is 7.50. The van der Waals surface area contributed by atoms with Gasteiger partial charge in [-0.1, -0.05) is 29.8 Å². The van der Waals surface area contributed by atoms with Gasteiger partial charge in [-0.2, -0.15) is 0 Å². The van der Waals surface area contributed by atoms with E-state index in [1.165, 1.54) is 16.9 Å². The fourth-order valence-corrected chi connectivity index (χ4v) is 5.63. The fourth-order valence-electron chi connectivity index (χ4n) is 4.21. The molecule has 1 aromatic heterocycles. The summed E-state index contributed by atoms with van der Waals surface area (Å²) in [7, 11) is 0. The van der Waals surface area contributed by atoms with E-state index in [4.69, 9.17) is 4.74 Å². The van der Waals surface area contributed by atoms with E-state index in [0.29, 0.717) is 28.0 Å². The summed E-state index contributed by atoms with van der Waals surface area (Å²) in [4.78, 5) is 27.0. The molecule has 2 atom stereocenters. The lowest BCUT2D eigenvalue weighted by atomic mass is 9.91. The normalized spacial score (nSPS) is 20.4. The van der Waals surface area contributed by atoms with Crippen LogP contribution in [-0.2, 0) is 4.74 Å². The Labute approximate surface area is 163 Å². The largest absolute Gasteiger partial charge is 0.444 e. The van der Waals surface area contributed by atoms with Gasteiger partial charge in [-0.3, -0.25) is 10.1 Å². The summed E-state index contributed by atoms with van der Waals surface area (Å²) >= 11 is 1.56. The summed E-state index contributed by atoms with van der Waals surface area (Å²) in [5.41, 5.74) is 3.05. The lowest BCUT2D eigenvalue weighted by Gasteiger charge is -2.20. The van der Waals surface area contributed by atoms with Crippen LogP contribution in [0, 0.1) is 6.92 Å². The van der Waals surface area contributed by atoms with E-state index in [9.17, 15) is 9.59 Å². The van der Waals surface area contributed by atoms with Crippen LogP contribution in [0.15, 0.2) is 24.3 Å². The Kier molecular flexibility index (Phi) is 4.38. The molecular weight excluding hydrogens is 358 g/mol. The number of anilines is 1. The zero-order chi connectivity index (χ0) is 19.3. The fraction of sp³-hybridized carbons (Fsp3) is 0.455. The number of hydrogen-bond donors (Lipinski definition) is 1. The van der Waals surface area contributed by atoms with Crippen LogP contribution in [0.1, 0.15) is 83.8 Å². The predicted molar refractivity (Wildman–Crippen MR) is 108 cm³/mol. The average Bonchev–Trinajstić information content (AvgIpc) is 3.24. The van der Waals surface area contributed by atoms with Crippen molar-refractivity contribution in [3.05, 3.63) is 51.4 Å². The molecule has 1 saturated carbocycles. The highest BCUT2D eigenvalue weighted by atomic mass is 32.1. The van der Waals surface area contributed by atoms with Gasteiger partial charge in [0.2, 0.25) is 0 Å². The molecule has 0 aliphatic heterocycles. The average molecular weight is 384 g/mol. The smallest absolute Gasteiger partial charge is 0.412 e. The Hall–Kier alpha value is -2.14. The number of hydrogen-bond acceptors (Lipinski definition) is 4. The van der Waals surface area contributed by atoms with Crippen LogP contribution in [0.4, 0.5) is 9.80 Å². The number of benzene rings is 1. The number of ether oxygens (including phenoxy) is 1. The SMILES string of the molecule is Cc1ccc(C(=O)c2c(NC(=O)OC(C)(C)C)sc3c2C2CCC3C2)cc1. The van der Waals surface area contributed by atoms with Gasteiger partial charge >= 0.3 is 6.09 Å². The molecule has 1 aromatic carbocycles. The van der Waals surface area contributed by atoms with Crippen molar-refractivity contribution in [3.63, 3.8) is 0 Å². The minimum absolute atomic E-state index is 0.00823. The minimum atomic E-state index is -0.579. The molecule has 2 bridgehead atoms. The first-order valence-electron chi connectivity index (χ1n) is 9.51. The first-order valence-corrected chi connectivity index (χ1v) is 10.3. The highest BCUT2D eigenvalue weighted by Crippen LogP contribution is 2.59. The van der Waals surface area contributed by atoms with E-state index in [2.05, 4.69) is 5.32 Å². The van der Waals surface area contributed by atoms with Crippen LogP contribution >= 0.6 is 11.3 Å². The summed E-state index contributed by atoms with van der Waals surface area (Å²) in [5.74, 6) is 0.972. The number of amides is 1. The number of fused-ring (bicyclic) bond motifs is 5. The molecule has 2 aromatic rings. The van der Waals surface area contributed by atoms with Crippen LogP contribution < -0.4 is 5.32 Å². The van der Waals surface area contributed by atoms with Gasteiger partial charge in [-0.15, -0.1) is 11.3 Å². The molecule has 2 aliphatic carbocycles. The van der Waals surface area contributed by atoms with Crippen molar-refractivity contribution in [3.8, 4) is 0 Å². The molecule has 5 heteroatoms. The van der Waals surface area contributed by atoms with Crippen molar-refractivity contribution in [1.29, 1.82) is 0 Å². The van der Waals surface area contributed by atoms with Crippen molar-refractivity contribution in [2.75, 3.05) is 5.32 Å². The van der Waals surface area contributed by atoms with E-state index in [1.807, 2.05) is 52.0 Å². The zero-order valence-electron chi connectivity index (χ0n) is 16.2. The van der Waals surface area contributed by atoms with Gasteiger partial charge in [-0.25, -0.2) is 4.79 Å². The molecule has 2 aliphatic rings. The molecule has 4 rings (SSSR count). The second kappa shape index (κ2) is 6.48. The summed E-state index contributed by atoms with van der Waals surface area (Å²) in [5, 5.41) is 3.50. The first kappa shape index (κ1) is 18.2. The Morgan fingerprint density at radius 1 is 1.11 bits per heavy atom. The van der Waals surface area contributed by atoms with Crippen molar-refractivity contribution >= 4 is 28.2 Å². The topological polar surface area (TPSA) is 55.4 Å². The van der Waals surface area contributed by atoms with Crippen molar-refractivity contribution in [2.24, 2.45) is 0 Å². The molecule has 0 radical (unpaired) electrons. The van der Waals surface area contributed by atoms with Crippen molar-refractivity contribution in [2.45, 2.75) is 64.4 Å². The number of rotatable bonds is 3. The Bertz CT molecular complexity index is 905. The van der Waals surface area contributed by atoms with Crippen LogP contribution in [-0.4, -0.2) is 17.5 Å². The van der Waals surface area contributed by atoms with E-state index in [-0.39, 0.29) is 5.78 Å². The minimum Gasteiger partial charge on any atom is -0.444 e. The summed E-state index contributed by atoms with van der Waals surface area (Å²) in [6, 6.07) is 7.64. The van der Waals surface area contributed by atoms with Gasteiger partial charge in [0.1, 0.15) is 10.6 Å². The van der Waals surface area contributed by atoms with Crippen molar-refractivity contribution in [1.82, 2.24) is 0 Å². The third-order valence-electron chi connectivity index (χ3n) is 5.34. The Morgan fingerprint density at radius 2 is 1.78 bits per heavy atom. The standard InChI is InChI=1S/C22H25NO3S/c1-12-5-7-13(8-6-12)18(24)17-16-14-9-10-15(11-14)19(16)27-20(17)23-21(25)26-22(2,3)4/h5-8,14-15H,9-11H2,1-4H3,(H,23,25). The monoisotopic (exact) mass is 383 g/mol. The van der Waals surface area contributed by atoms with Crippen molar-refractivity contribution < 1.29 is 14.3 Å². The van der Waals surface area contributed by atoms with Crippen LogP contribution in [0.3, 0.4) is 0 Å². The molecule has 1 heterocycles. The van der Waals surface area contributed by atoms with Crippen LogP contribution in [0.5, 0.6) is 0 Å². The first-order chi connectivity index (χ1) is 12.7. The van der Waals surface area contributed by atoms with Gasteiger partial charge in [0.15, 0.2) is 5.78 Å². The quantitative estimate of drug-likeness (QED) is 0.661. The Morgan fingerprint density at radius 3 is 2.44 bits per heavy atom. The second-order valence-corrected chi connectivity index (χ2v) is 9.67. The maximum absolute atomic E-state index is 13.4. The molecule has 2 unspecified atom stereocenters. The third kappa shape index (κ3) is 3.41. The zero-order valence-corrected chi connectivity index (χ0v) is 17.0. The van der Waals surface area contributed by atoms with Gasteiger partial charge in [0, 0.05) is 10.4 Å². The van der Waals surface area contributed by atoms with Gasteiger partial charge in [0.05, 0.1) is 5.56 Å². The molecule has 1 N–H and O–H groups in total. The van der Waals surface area contributed by atoms with E-state index >= 15 is 0 Å². The molecular formula is C22H25NO3S. The molecule has 1 fully saturated rings. The van der Waals surface area contributed by atoms with Gasteiger partial charge in [-0.05, 0) is 64.4 Å². The number of ketones is 1. The molecule has 142 valence electrons. The third-order valence-corrected chi connectivity index (χ3v) is 6.62. The number of nitrogens with one attached hydrogen (secondary N) is 1. The molecule has 0 spiro atoms. The van der Waals surface area contributed by atoms with Crippen LogP contribution in [0.2, 0.25) is 0 Å². The highest BCUT2D eigenvalue weighted by Gasteiger charge is 2.43. The van der Waals surface area contributed by atoms with Gasteiger partial charge < -0.3 is 4.74 Å². The highest BCUT2D eigenvalue weighted by molar-refractivity contribution is 7.17. The van der Waals surface area contributed by atoms with E-state index in [0.717, 1.165) is 18.4 Å². The maximum Gasteiger partial charge on any atom is 0.412 e. The summed E-state index contributed by atoms with van der Waals surface area (Å²) in [6.07, 6.45) is 2.95. The molecule has 27 heavy (non-hydrogen) atoms. The van der Waals surface area contributed by atoms with E-state index < -0.39 is 11.7 Å². The number of carbonyl (C=O) groups is 2. The lowest BCUT2D eigenvalue weighted by molar-refractivity contribution is 0.0636. The maximum atomic E-state index is 13.4. The molecule has 0 saturated heterocycles. The van der Waals surface area contributed by atoms with Gasteiger partial charge in [0.25, 0.3) is 0 Å². The Balaban J connectivity index is 1.73.